The molecule has 1 saturated heterocycles. The number of nitrogens with two attached hydrogens (primary N) is 1. The Bertz CT molecular complexity index is 257. The minimum Gasteiger partial charge on any atom is -0.352 e. The first-order valence-electron chi connectivity index (χ1n) is 6.41. The first-order valence-corrected chi connectivity index (χ1v) is 6.41. The molecule has 16 heavy (non-hydrogen) atoms. The fourth-order valence-corrected chi connectivity index (χ4v) is 2.79. The van der Waals surface area contributed by atoms with Gasteiger partial charge in [0.2, 0.25) is 5.91 Å². The van der Waals surface area contributed by atoms with Crippen molar-refractivity contribution in [2.45, 2.75) is 44.2 Å². The SMILES string of the molecule is CN1CCC(C(=O)N[C@@H]2CCCC[C@H]2N)C1. The minimum atomic E-state index is 0.164. The van der Waals surface area contributed by atoms with Gasteiger partial charge in [-0.15, -0.1) is 0 Å². The summed E-state index contributed by atoms with van der Waals surface area (Å²) < 4.78 is 0. The number of nitrogens with zero attached hydrogens (tertiary/aromatic N) is 1. The summed E-state index contributed by atoms with van der Waals surface area (Å²) >= 11 is 0. The van der Waals surface area contributed by atoms with E-state index in [9.17, 15) is 4.79 Å². The molecule has 1 amide bonds. The number of amides is 1. The maximum atomic E-state index is 12.0. The summed E-state index contributed by atoms with van der Waals surface area (Å²) in [6.07, 6.45) is 5.50. The predicted molar refractivity (Wildman–Crippen MR) is 64.0 cm³/mol. The van der Waals surface area contributed by atoms with Crippen LogP contribution in [-0.2, 0) is 4.79 Å². The van der Waals surface area contributed by atoms with Crippen molar-refractivity contribution in [1.82, 2.24) is 10.2 Å². The number of rotatable bonds is 2. The molecule has 2 rings (SSSR count). The Kier molecular flexibility index (Phi) is 3.82. The number of likely N-dealkylation sites (tertiary alicyclic amines) is 1. The Morgan fingerprint density at radius 2 is 2.06 bits per heavy atom. The van der Waals surface area contributed by atoms with Crippen molar-refractivity contribution >= 4 is 5.91 Å². The van der Waals surface area contributed by atoms with Crippen molar-refractivity contribution in [1.29, 1.82) is 0 Å². The van der Waals surface area contributed by atoms with Gasteiger partial charge in [-0.3, -0.25) is 4.79 Å². The van der Waals surface area contributed by atoms with E-state index in [1.54, 1.807) is 0 Å². The van der Waals surface area contributed by atoms with Crippen molar-refractivity contribution < 1.29 is 4.79 Å². The van der Waals surface area contributed by atoms with Crippen LogP contribution in [-0.4, -0.2) is 43.0 Å². The van der Waals surface area contributed by atoms with E-state index in [-0.39, 0.29) is 23.9 Å². The molecule has 0 aromatic rings. The van der Waals surface area contributed by atoms with Gasteiger partial charge in [-0.2, -0.15) is 0 Å². The van der Waals surface area contributed by atoms with Crippen LogP contribution in [0.5, 0.6) is 0 Å². The average Bonchev–Trinajstić information content (AvgIpc) is 2.68. The van der Waals surface area contributed by atoms with E-state index in [1.807, 2.05) is 0 Å². The van der Waals surface area contributed by atoms with Crippen LogP contribution in [0.3, 0.4) is 0 Å². The zero-order valence-corrected chi connectivity index (χ0v) is 10.1. The second kappa shape index (κ2) is 5.15. The summed E-state index contributed by atoms with van der Waals surface area (Å²) in [5.74, 6) is 0.394. The number of carbonyl (C=O) groups is 1. The lowest BCUT2D eigenvalue weighted by molar-refractivity contribution is -0.125. The third-order valence-electron chi connectivity index (χ3n) is 3.91. The molecule has 4 nitrogen and oxygen atoms in total. The van der Waals surface area contributed by atoms with Gasteiger partial charge in [0.1, 0.15) is 0 Å². The summed E-state index contributed by atoms with van der Waals surface area (Å²) in [4.78, 5) is 14.2. The summed E-state index contributed by atoms with van der Waals surface area (Å²) in [7, 11) is 2.07. The fraction of sp³-hybridized carbons (Fsp3) is 0.917. The molecule has 4 heteroatoms. The summed E-state index contributed by atoms with van der Waals surface area (Å²) in [5.41, 5.74) is 6.03. The Hall–Kier alpha value is -0.610. The van der Waals surface area contributed by atoms with E-state index < -0.39 is 0 Å². The standard InChI is InChI=1S/C12H23N3O/c1-15-7-6-9(8-15)12(16)14-11-5-3-2-4-10(11)13/h9-11H,2-8,13H2,1H3,(H,14,16)/t9?,10-,11-/m1/s1. The summed E-state index contributed by atoms with van der Waals surface area (Å²) in [5, 5.41) is 3.14. The van der Waals surface area contributed by atoms with E-state index in [2.05, 4.69) is 17.3 Å². The molecule has 0 aromatic carbocycles. The smallest absolute Gasteiger partial charge is 0.224 e. The molecule has 3 N–H and O–H groups in total. The molecule has 0 bridgehead atoms. The third-order valence-corrected chi connectivity index (χ3v) is 3.91. The Morgan fingerprint density at radius 1 is 1.31 bits per heavy atom. The molecular formula is C12H23N3O. The Morgan fingerprint density at radius 3 is 2.69 bits per heavy atom. The van der Waals surface area contributed by atoms with Gasteiger partial charge >= 0.3 is 0 Å². The summed E-state index contributed by atoms with van der Waals surface area (Å²) in [6, 6.07) is 0.379. The molecule has 1 aliphatic heterocycles. The van der Waals surface area contributed by atoms with E-state index >= 15 is 0 Å². The Balaban J connectivity index is 1.82. The number of hydrogen-bond acceptors (Lipinski definition) is 3. The van der Waals surface area contributed by atoms with E-state index in [0.717, 1.165) is 32.4 Å². The van der Waals surface area contributed by atoms with Gasteiger partial charge in [-0.05, 0) is 32.9 Å². The van der Waals surface area contributed by atoms with Crippen LogP contribution in [0.15, 0.2) is 0 Å². The van der Waals surface area contributed by atoms with Crippen LogP contribution in [0, 0.1) is 5.92 Å². The molecular weight excluding hydrogens is 202 g/mol. The molecule has 0 radical (unpaired) electrons. The van der Waals surface area contributed by atoms with Crippen LogP contribution in [0.2, 0.25) is 0 Å². The molecule has 0 aromatic heterocycles. The van der Waals surface area contributed by atoms with Crippen LogP contribution in [0.1, 0.15) is 32.1 Å². The van der Waals surface area contributed by atoms with Crippen LogP contribution in [0.4, 0.5) is 0 Å². The van der Waals surface area contributed by atoms with E-state index in [4.69, 9.17) is 5.73 Å². The lowest BCUT2D eigenvalue weighted by atomic mass is 9.90. The van der Waals surface area contributed by atoms with Crippen LogP contribution >= 0.6 is 0 Å². The molecule has 1 aliphatic carbocycles. The largest absolute Gasteiger partial charge is 0.352 e. The molecule has 92 valence electrons. The first kappa shape index (κ1) is 11.9. The molecule has 1 heterocycles. The van der Waals surface area contributed by atoms with Gasteiger partial charge in [0.05, 0.1) is 5.92 Å². The lowest BCUT2D eigenvalue weighted by Gasteiger charge is -2.30. The second-order valence-electron chi connectivity index (χ2n) is 5.31. The Labute approximate surface area is 97.6 Å². The number of carbonyl (C=O) groups excluding carboxylic acids is 1. The lowest BCUT2D eigenvalue weighted by Crippen LogP contribution is -2.51. The topological polar surface area (TPSA) is 58.4 Å². The third kappa shape index (κ3) is 2.74. The monoisotopic (exact) mass is 225 g/mol. The quantitative estimate of drug-likeness (QED) is 0.712. The average molecular weight is 225 g/mol. The molecule has 1 saturated carbocycles. The zero-order chi connectivity index (χ0) is 11.5. The number of hydrogen-bond donors (Lipinski definition) is 2. The van der Waals surface area contributed by atoms with Crippen LogP contribution < -0.4 is 11.1 Å². The predicted octanol–water partition coefficient (Wildman–Crippen LogP) is 0.324. The van der Waals surface area contributed by atoms with E-state index in [1.165, 1.54) is 12.8 Å². The zero-order valence-electron chi connectivity index (χ0n) is 10.1. The van der Waals surface area contributed by atoms with Gasteiger partial charge < -0.3 is 16.0 Å². The van der Waals surface area contributed by atoms with Crippen LogP contribution in [0.25, 0.3) is 0 Å². The maximum absolute atomic E-state index is 12.0. The molecule has 0 spiro atoms. The molecule has 1 unspecified atom stereocenters. The van der Waals surface area contributed by atoms with Crippen molar-refractivity contribution in [2.75, 3.05) is 20.1 Å². The van der Waals surface area contributed by atoms with Crippen molar-refractivity contribution in [3.8, 4) is 0 Å². The maximum Gasteiger partial charge on any atom is 0.224 e. The number of nitrogens with one attached hydrogen (secondary N) is 1. The highest BCUT2D eigenvalue weighted by Gasteiger charge is 2.30. The normalized spacial score (nSPS) is 36.2. The highest BCUT2D eigenvalue weighted by atomic mass is 16.2. The van der Waals surface area contributed by atoms with Gasteiger partial charge in [0.25, 0.3) is 0 Å². The highest BCUT2D eigenvalue weighted by molar-refractivity contribution is 5.79. The van der Waals surface area contributed by atoms with E-state index in [0.29, 0.717) is 0 Å². The first-order chi connectivity index (χ1) is 7.66. The summed E-state index contributed by atoms with van der Waals surface area (Å²) in [6.45, 7) is 1.93. The molecule has 2 aliphatic rings. The van der Waals surface area contributed by atoms with Gasteiger partial charge in [-0.25, -0.2) is 0 Å². The minimum absolute atomic E-state index is 0.164. The molecule has 3 atom stereocenters. The highest BCUT2D eigenvalue weighted by Crippen LogP contribution is 2.19. The van der Waals surface area contributed by atoms with Gasteiger partial charge in [0.15, 0.2) is 0 Å². The second-order valence-corrected chi connectivity index (χ2v) is 5.31. The van der Waals surface area contributed by atoms with Gasteiger partial charge in [0, 0.05) is 18.6 Å². The van der Waals surface area contributed by atoms with Gasteiger partial charge in [-0.1, -0.05) is 12.8 Å². The van der Waals surface area contributed by atoms with Crippen molar-refractivity contribution in [2.24, 2.45) is 11.7 Å². The fourth-order valence-electron chi connectivity index (χ4n) is 2.79. The molecule has 2 fully saturated rings. The van der Waals surface area contributed by atoms with Crippen molar-refractivity contribution in [3.05, 3.63) is 0 Å². The van der Waals surface area contributed by atoms with Crippen molar-refractivity contribution in [3.63, 3.8) is 0 Å².